The molecule has 238 valence electrons. The zero-order valence-electron chi connectivity index (χ0n) is 26.2. The van der Waals surface area contributed by atoms with Crippen molar-refractivity contribution in [1.82, 2.24) is 15.5 Å². The predicted molar refractivity (Wildman–Crippen MR) is 169 cm³/mol. The van der Waals surface area contributed by atoms with Gasteiger partial charge in [-0.1, -0.05) is 88.2 Å². The van der Waals surface area contributed by atoms with Crippen LogP contribution in [-0.2, 0) is 14.3 Å². The third-order valence-electron chi connectivity index (χ3n) is 7.68. The van der Waals surface area contributed by atoms with Crippen molar-refractivity contribution >= 4 is 23.9 Å². The lowest BCUT2D eigenvalue weighted by Gasteiger charge is -2.26. The highest BCUT2D eigenvalue weighted by Crippen LogP contribution is 2.33. The van der Waals surface area contributed by atoms with Crippen molar-refractivity contribution in [2.45, 2.75) is 65.1 Å². The number of hydrogen-bond donors (Lipinski definition) is 2. The minimum atomic E-state index is -1.05. The molecule has 1 heterocycles. The van der Waals surface area contributed by atoms with Gasteiger partial charge in [0, 0.05) is 18.0 Å². The molecule has 10 heteroatoms. The molecule has 3 amide bonds. The molecule has 0 aromatic heterocycles. The summed E-state index contributed by atoms with van der Waals surface area (Å²) in [6, 6.07) is 23.9. The molecule has 10 nitrogen and oxygen atoms in total. The molecule has 45 heavy (non-hydrogen) atoms. The van der Waals surface area contributed by atoms with Crippen LogP contribution in [0.2, 0.25) is 0 Å². The molecule has 2 N–H and O–H groups in total. The van der Waals surface area contributed by atoms with Crippen molar-refractivity contribution in [3.8, 4) is 17.2 Å². The molecule has 3 aromatic carbocycles. The van der Waals surface area contributed by atoms with E-state index in [1.54, 1.807) is 31.2 Å². The number of carbonyl (C=O) groups is 4. The lowest BCUT2D eigenvalue weighted by Crippen LogP contribution is -2.49. The molecule has 3 aromatic rings. The molecule has 0 aliphatic carbocycles. The SMILES string of the molecule is CCCCC(NC(=O)O[C@@H]1CN(C(=O)Oc2cccc(Oc3ccccc3)c2)CC1(C)C)C(=O)C(=O)N[C@H](C)c1ccccc1. The Labute approximate surface area is 264 Å². The van der Waals surface area contributed by atoms with Crippen LogP contribution in [-0.4, -0.2) is 54.0 Å². The fraction of sp³-hybridized carbons (Fsp3) is 0.371. The maximum absolute atomic E-state index is 13.1. The van der Waals surface area contributed by atoms with Crippen LogP contribution in [0.1, 0.15) is 58.6 Å². The number of ketones is 1. The van der Waals surface area contributed by atoms with Crippen LogP contribution in [0.25, 0.3) is 0 Å². The van der Waals surface area contributed by atoms with Crippen LogP contribution in [0, 0.1) is 5.41 Å². The van der Waals surface area contributed by atoms with Gasteiger partial charge in [0.1, 0.15) is 29.4 Å². The molecule has 1 unspecified atom stereocenters. The van der Waals surface area contributed by atoms with E-state index in [0.29, 0.717) is 23.7 Å². The van der Waals surface area contributed by atoms with Crippen LogP contribution >= 0.6 is 0 Å². The predicted octanol–water partition coefficient (Wildman–Crippen LogP) is 6.42. The first kappa shape index (κ1) is 33.0. The summed E-state index contributed by atoms with van der Waals surface area (Å²) < 4.78 is 17.2. The number of benzene rings is 3. The van der Waals surface area contributed by atoms with Gasteiger partial charge >= 0.3 is 12.2 Å². The van der Waals surface area contributed by atoms with Gasteiger partial charge in [0.2, 0.25) is 5.78 Å². The highest BCUT2D eigenvalue weighted by Gasteiger charge is 2.45. The van der Waals surface area contributed by atoms with E-state index in [1.165, 1.54) is 4.90 Å². The largest absolute Gasteiger partial charge is 0.457 e. The van der Waals surface area contributed by atoms with E-state index in [4.69, 9.17) is 14.2 Å². The highest BCUT2D eigenvalue weighted by atomic mass is 16.6. The van der Waals surface area contributed by atoms with E-state index >= 15 is 0 Å². The van der Waals surface area contributed by atoms with Gasteiger partial charge in [-0.25, -0.2) is 9.59 Å². The van der Waals surface area contributed by atoms with Gasteiger partial charge < -0.3 is 29.7 Å². The fourth-order valence-corrected chi connectivity index (χ4v) is 5.07. The average Bonchev–Trinajstić information content (AvgIpc) is 3.33. The Morgan fingerprint density at radius 3 is 2.22 bits per heavy atom. The summed E-state index contributed by atoms with van der Waals surface area (Å²) in [4.78, 5) is 53.5. The molecule has 1 fully saturated rings. The molecular formula is C35H41N3O7. The van der Waals surface area contributed by atoms with Crippen LogP contribution in [0.5, 0.6) is 17.2 Å². The fourth-order valence-electron chi connectivity index (χ4n) is 5.07. The van der Waals surface area contributed by atoms with Gasteiger partial charge in [-0.2, -0.15) is 0 Å². The van der Waals surface area contributed by atoms with Crippen LogP contribution in [0.15, 0.2) is 84.9 Å². The zero-order valence-corrected chi connectivity index (χ0v) is 26.2. The number of alkyl carbamates (subject to hydrolysis) is 1. The average molecular weight is 616 g/mol. The maximum Gasteiger partial charge on any atom is 0.415 e. The van der Waals surface area contributed by atoms with Crippen molar-refractivity contribution in [3.05, 3.63) is 90.5 Å². The first-order valence-electron chi connectivity index (χ1n) is 15.2. The van der Waals surface area contributed by atoms with Crippen LogP contribution in [0.3, 0.4) is 0 Å². The van der Waals surface area contributed by atoms with Crippen LogP contribution in [0.4, 0.5) is 9.59 Å². The standard InChI is InChI=1S/C35H41N3O7/c1-5-6-20-29(31(39)32(40)36-24(2)25-14-9-7-10-15-25)37-33(41)45-30-22-38(23-35(30,3)4)34(42)44-28-19-13-18-27(21-28)43-26-16-11-8-12-17-26/h7-19,21,24,29-30H,5-6,20,22-23H2,1-4H3,(H,36,40)(H,37,41)/t24-,29?,30-/m1/s1. The van der Waals surface area contributed by atoms with Crippen molar-refractivity contribution in [1.29, 1.82) is 0 Å². The Morgan fingerprint density at radius 2 is 1.53 bits per heavy atom. The summed E-state index contributed by atoms with van der Waals surface area (Å²) >= 11 is 0. The molecule has 0 radical (unpaired) electrons. The quantitative estimate of drug-likeness (QED) is 0.225. The van der Waals surface area contributed by atoms with E-state index < -0.39 is 41.4 Å². The number of carbonyl (C=O) groups excluding carboxylic acids is 4. The third-order valence-corrected chi connectivity index (χ3v) is 7.68. The summed E-state index contributed by atoms with van der Waals surface area (Å²) in [7, 11) is 0. The van der Waals surface area contributed by atoms with Gasteiger partial charge in [-0.3, -0.25) is 9.59 Å². The molecule has 4 rings (SSSR count). The number of likely N-dealkylation sites (tertiary alicyclic amines) is 1. The van der Waals surface area contributed by atoms with Gasteiger partial charge in [-0.15, -0.1) is 0 Å². The summed E-state index contributed by atoms with van der Waals surface area (Å²) in [5, 5.41) is 5.32. The third kappa shape index (κ3) is 9.31. The number of para-hydroxylation sites is 1. The number of ether oxygens (including phenoxy) is 3. The van der Waals surface area contributed by atoms with Crippen molar-refractivity contribution in [2.24, 2.45) is 5.41 Å². The van der Waals surface area contributed by atoms with Gasteiger partial charge in [0.15, 0.2) is 0 Å². The summed E-state index contributed by atoms with van der Waals surface area (Å²) in [5.74, 6) is -0.0350. The summed E-state index contributed by atoms with van der Waals surface area (Å²) in [5.41, 5.74) is 0.260. The van der Waals surface area contributed by atoms with Crippen molar-refractivity contribution < 1.29 is 33.4 Å². The molecule has 0 saturated carbocycles. The first-order chi connectivity index (χ1) is 21.6. The van der Waals surface area contributed by atoms with Crippen LogP contribution < -0.4 is 20.1 Å². The molecule has 1 saturated heterocycles. The smallest absolute Gasteiger partial charge is 0.415 e. The molecule has 1 aliphatic rings. The molecule has 0 spiro atoms. The number of rotatable bonds is 12. The number of nitrogens with one attached hydrogen (secondary N) is 2. The van der Waals surface area contributed by atoms with E-state index in [9.17, 15) is 19.2 Å². The Morgan fingerprint density at radius 1 is 0.889 bits per heavy atom. The Hall–Kier alpha value is -4.86. The second-order valence-electron chi connectivity index (χ2n) is 11.8. The second-order valence-corrected chi connectivity index (χ2v) is 11.8. The molecule has 3 atom stereocenters. The van der Waals surface area contributed by atoms with Crippen molar-refractivity contribution in [3.63, 3.8) is 0 Å². The lowest BCUT2D eigenvalue weighted by atomic mass is 9.90. The Kier molecular flexibility index (Phi) is 11.2. The van der Waals surface area contributed by atoms with Gasteiger partial charge in [-0.05, 0) is 43.2 Å². The first-order valence-corrected chi connectivity index (χ1v) is 15.2. The second kappa shape index (κ2) is 15.2. The Bertz CT molecular complexity index is 1460. The topological polar surface area (TPSA) is 123 Å². The summed E-state index contributed by atoms with van der Waals surface area (Å²) in [6.45, 7) is 7.88. The normalized spacial score (nSPS) is 16.6. The minimum absolute atomic E-state index is 0.0993. The molecular weight excluding hydrogens is 574 g/mol. The van der Waals surface area contributed by atoms with Gasteiger partial charge in [0.25, 0.3) is 5.91 Å². The number of hydrogen-bond acceptors (Lipinski definition) is 7. The highest BCUT2D eigenvalue weighted by molar-refractivity contribution is 6.38. The number of amides is 3. The summed E-state index contributed by atoms with van der Waals surface area (Å²) in [6.07, 6.45) is -0.399. The van der Waals surface area contributed by atoms with E-state index in [1.807, 2.05) is 81.4 Å². The molecule has 1 aliphatic heterocycles. The maximum atomic E-state index is 13.1. The monoisotopic (exact) mass is 615 g/mol. The number of Topliss-reactive ketones (excluding diaryl/α,β-unsaturated/α-hetero) is 1. The van der Waals surface area contributed by atoms with E-state index in [-0.39, 0.29) is 25.6 Å². The number of nitrogens with zero attached hydrogens (tertiary/aromatic N) is 1. The van der Waals surface area contributed by atoms with Crippen molar-refractivity contribution in [2.75, 3.05) is 13.1 Å². The van der Waals surface area contributed by atoms with E-state index in [2.05, 4.69) is 10.6 Å². The zero-order chi connectivity index (χ0) is 32.4. The molecule has 0 bridgehead atoms. The minimum Gasteiger partial charge on any atom is -0.457 e. The van der Waals surface area contributed by atoms with E-state index in [0.717, 1.165) is 12.0 Å². The lowest BCUT2D eigenvalue weighted by molar-refractivity contribution is -0.139. The Balaban J connectivity index is 1.33. The number of unbranched alkanes of at least 4 members (excludes halogenated alkanes) is 1. The van der Waals surface area contributed by atoms with Gasteiger partial charge in [0.05, 0.1) is 12.6 Å².